The van der Waals surface area contributed by atoms with E-state index in [1.807, 2.05) is 0 Å². The molecule has 7 heteroatoms. The third-order valence-electron chi connectivity index (χ3n) is 2.08. The lowest BCUT2D eigenvalue weighted by atomic mass is 10.3. The molecule has 0 bridgehead atoms. The summed E-state index contributed by atoms with van der Waals surface area (Å²) in [6.45, 7) is 0. The maximum absolute atomic E-state index is 11.9. The summed E-state index contributed by atoms with van der Waals surface area (Å²) in [5.41, 5.74) is 6.13. The zero-order valence-corrected chi connectivity index (χ0v) is 11.4. The molecule has 3 N–H and O–H groups in total. The van der Waals surface area contributed by atoms with Crippen LogP contribution in [0.4, 0.5) is 11.5 Å². The van der Waals surface area contributed by atoms with E-state index >= 15 is 0 Å². The molecule has 0 fully saturated rings. The van der Waals surface area contributed by atoms with Gasteiger partial charge in [0, 0.05) is 9.50 Å². The van der Waals surface area contributed by atoms with E-state index in [0.717, 1.165) is 4.47 Å². The van der Waals surface area contributed by atoms with E-state index in [-0.39, 0.29) is 17.4 Å². The molecule has 1 amide bonds. The average Bonchev–Trinajstić information content (AvgIpc) is 2.34. The van der Waals surface area contributed by atoms with E-state index in [0.29, 0.717) is 10.7 Å². The Balaban J connectivity index is 2.21. The molecule has 0 unspecified atom stereocenters. The van der Waals surface area contributed by atoms with Gasteiger partial charge in [-0.25, -0.2) is 9.97 Å². The van der Waals surface area contributed by atoms with Crippen molar-refractivity contribution in [2.45, 2.75) is 0 Å². The van der Waals surface area contributed by atoms with Gasteiger partial charge in [-0.1, -0.05) is 11.6 Å². The summed E-state index contributed by atoms with van der Waals surface area (Å²) in [6.07, 6.45) is 2.63. The lowest BCUT2D eigenvalue weighted by Crippen LogP contribution is -2.14. The van der Waals surface area contributed by atoms with E-state index in [2.05, 4.69) is 31.2 Å². The number of nitrogens with zero attached hydrogens (tertiary/aromatic N) is 2. The van der Waals surface area contributed by atoms with E-state index in [1.165, 1.54) is 12.4 Å². The van der Waals surface area contributed by atoms with Crippen LogP contribution in [-0.4, -0.2) is 15.9 Å². The van der Waals surface area contributed by atoms with Crippen LogP contribution in [0.1, 0.15) is 10.5 Å². The van der Waals surface area contributed by atoms with Crippen LogP contribution >= 0.6 is 27.5 Å². The molecule has 92 valence electrons. The molecular weight excluding hydrogens is 320 g/mol. The summed E-state index contributed by atoms with van der Waals surface area (Å²) < 4.78 is 0.726. The second kappa shape index (κ2) is 5.32. The summed E-state index contributed by atoms with van der Waals surface area (Å²) in [6, 6.07) is 5.09. The van der Waals surface area contributed by atoms with Crippen molar-refractivity contribution in [3.05, 3.63) is 45.8 Å². The van der Waals surface area contributed by atoms with Gasteiger partial charge in [0.1, 0.15) is 11.5 Å². The van der Waals surface area contributed by atoms with Gasteiger partial charge in [0.15, 0.2) is 0 Å². The van der Waals surface area contributed by atoms with Crippen molar-refractivity contribution in [3.8, 4) is 0 Å². The number of benzene rings is 1. The number of carbonyl (C=O) groups excluding carboxylic acids is 1. The third-order valence-corrected chi connectivity index (χ3v) is 3.01. The maximum Gasteiger partial charge on any atom is 0.275 e. The lowest BCUT2D eigenvalue weighted by Gasteiger charge is -2.07. The Labute approximate surface area is 117 Å². The maximum atomic E-state index is 11.9. The van der Waals surface area contributed by atoms with Gasteiger partial charge in [-0.05, 0) is 34.1 Å². The monoisotopic (exact) mass is 326 g/mol. The van der Waals surface area contributed by atoms with E-state index in [9.17, 15) is 4.79 Å². The van der Waals surface area contributed by atoms with Crippen LogP contribution in [0, 0.1) is 0 Å². The zero-order valence-electron chi connectivity index (χ0n) is 9.02. The second-order valence-electron chi connectivity index (χ2n) is 3.40. The molecular formula is C11H8BrClN4O. The standard InChI is InChI=1S/C11H8BrClN4O/c12-7-2-1-6(13)3-8(7)17-11(18)9-4-16-10(14)5-15-9/h1-5H,(H2,14,16)(H,17,18). The Morgan fingerprint density at radius 2 is 2.11 bits per heavy atom. The summed E-state index contributed by atoms with van der Waals surface area (Å²) >= 11 is 9.16. The number of hydrogen-bond acceptors (Lipinski definition) is 4. The van der Waals surface area contributed by atoms with Crippen LogP contribution in [0.25, 0.3) is 0 Å². The number of nitrogens with one attached hydrogen (secondary N) is 1. The fourth-order valence-electron chi connectivity index (χ4n) is 1.23. The molecule has 0 saturated heterocycles. The number of carbonyl (C=O) groups is 1. The first-order chi connectivity index (χ1) is 8.56. The first kappa shape index (κ1) is 12.8. The van der Waals surface area contributed by atoms with Gasteiger partial charge in [0.2, 0.25) is 0 Å². The SMILES string of the molecule is Nc1cnc(C(=O)Nc2cc(Cl)ccc2Br)cn1. The number of rotatable bonds is 2. The van der Waals surface area contributed by atoms with Crippen LogP contribution in [0.3, 0.4) is 0 Å². The molecule has 1 aromatic carbocycles. The highest BCUT2D eigenvalue weighted by atomic mass is 79.9. The molecule has 1 heterocycles. The molecule has 1 aromatic heterocycles. The smallest absolute Gasteiger partial charge is 0.275 e. The first-order valence-electron chi connectivity index (χ1n) is 4.90. The van der Waals surface area contributed by atoms with E-state index < -0.39 is 0 Å². The van der Waals surface area contributed by atoms with Crippen molar-refractivity contribution in [1.29, 1.82) is 0 Å². The normalized spacial score (nSPS) is 10.1. The van der Waals surface area contributed by atoms with Crippen LogP contribution in [0.15, 0.2) is 35.1 Å². The van der Waals surface area contributed by atoms with Crippen LogP contribution in [0.2, 0.25) is 5.02 Å². The molecule has 0 spiro atoms. The van der Waals surface area contributed by atoms with Crippen LogP contribution < -0.4 is 11.1 Å². The van der Waals surface area contributed by atoms with E-state index in [4.69, 9.17) is 17.3 Å². The predicted molar refractivity (Wildman–Crippen MR) is 73.5 cm³/mol. The molecule has 0 atom stereocenters. The Morgan fingerprint density at radius 3 is 2.78 bits per heavy atom. The Kier molecular flexibility index (Phi) is 3.78. The number of nitrogens with two attached hydrogens (primary N) is 1. The minimum Gasteiger partial charge on any atom is -0.382 e. The molecule has 0 aliphatic heterocycles. The zero-order chi connectivity index (χ0) is 13.1. The molecule has 2 aromatic rings. The van der Waals surface area contributed by atoms with Crippen LogP contribution in [-0.2, 0) is 0 Å². The fourth-order valence-corrected chi connectivity index (χ4v) is 1.75. The number of aromatic nitrogens is 2. The largest absolute Gasteiger partial charge is 0.382 e. The summed E-state index contributed by atoms with van der Waals surface area (Å²) in [5, 5.41) is 3.20. The van der Waals surface area contributed by atoms with Crippen molar-refractivity contribution < 1.29 is 4.79 Å². The molecule has 0 aliphatic carbocycles. The number of anilines is 2. The van der Waals surface area contributed by atoms with Gasteiger partial charge < -0.3 is 11.1 Å². The highest BCUT2D eigenvalue weighted by Gasteiger charge is 2.10. The topological polar surface area (TPSA) is 80.9 Å². The molecule has 18 heavy (non-hydrogen) atoms. The van der Waals surface area contributed by atoms with Gasteiger partial charge in [0.25, 0.3) is 5.91 Å². The third kappa shape index (κ3) is 2.96. The van der Waals surface area contributed by atoms with Gasteiger partial charge >= 0.3 is 0 Å². The summed E-state index contributed by atoms with van der Waals surface area (Å²) in [7, 11) is 0. The van der Waals surface area contributed by atoms with E-state index in [1.54, 1.807) is 18.2 Å². The van der Waals surface area contributed by atoms with Gasteiger partial charge in [-0.15, -0.1) is 0 Å². The molecule has 5 nitrogen and oxygen atoms in total. The Morgan fingerprint density at radius 1 is 1.33 bits per heavy atom. The molecule has 0 radical (unpaired) electrons. The first-order valence-corrected chi connectivity index (χ1v) is 6.07. The van der Waals surface area contributed by atoms with Crippen molar-refractivity contribution in [2.24, 2.45) is 0 Å². The number of halogens is 2. The second-order valence-corrected chi connectivity index (χ2v) is 4.70. The lowest BCUT2D eigenvalue weighted by molar-refractivity contribution is 0.102. The van der Waals surface area contributed by atoms with Gasteiger partial charge in [-0.2, -0.15) is 0 Å². The number of hydrogen-bond donors (Lipinski definition) is 2. The number of nitrogen functional groups attached to an aromatic ring is 1. The summed E-state index contributed by atoms with van der Waals surface area (Å²) in [4.78, 5) is 19.5. The van der Waals surface area contributed by atoms with Crippen molar-refractivity contribution in [1.82, 2.24) is 9.97 Å². The van der Waals surface area contributed by atoms with Gasteiger partial charge in [-0.3, -0.25) is 4.79 Å². The minimum atomic E-state index is -0.384. The quantitative estimate of drug-likeness (QED) is 0.888. The Bertz CT molecular complexity index is 588. The average molecular weight is 328 g/mol. The molecule has 2 rings (SSSR count). The highest BCUT2D eigenvalue weighted by molar-refractivity contribution is 9.10. The summed E-state index contributed by atoms with van der Waals surface area (Å²) in [5.74, 6) is -0.124. The van der Waals surface area contributed by atoms with Crippen LogP contribution in [0.5, 0.6) is 0 Å². The van der Waals surface area contributed by atoms with Gasteiger partial charge in [0.05, 0.1) is 18.1 Å². The van der Waals surface area contributed by atoms with Crippen molar-refractivity contribution in [2.75, 3.05) is 11.1 Å². The highest BCUT2D eigenvalue weighted by Crippen LogP contribution is 2.26. The predicted octanol–water partition coefficient (Wildman–Crippen LogP) is 2.73. The van der Waals surface area contributed by atoms with Crippen molar-refractivity contribution >= 4 is 44.9 Å². The van der Waals surface area contributed by atoms with Crippen molar-refractivity contribution in [3.63, 3.8) is 0 Å². The molecule has 0 saturated carbocycles. The minimum absolute atomic E-state index is 0.177. The molecule has 0 aliphatic rings. The fraction of sp³-hybridized carbons (Fsp3) is 0. The Hall–Kier alpha value is -1.66. The number of amides is 1.